The van der Waals surface area contributed by atoms with Crippen LogP contribution in [0.4, 0.5) is 4.79 Å². The van der Waals surface area contributed by atoms with Crippen molar-refractivity contribution in [2.45, 2.75) is 18.9 Å². The van der Waals surface area contributed by atoms with E-state index in [1.807, 2.05) is 6.07 Å². The lowest BCUT2D eigenvalue weighted by Gasteiger charge is -2.23. The van der Waals surface area contributed by atoms with Gasteiger partial charge in [-0.25, -0.2) is 9.59 Å². The van der Waals surface area contributed by atoms with Crippen molar-refractivity contribution in [2.75, 3.05) is 26.8 Å². The zero-order chi connectivity index (χ0) is 15.5. The molecule has 2 amide bonds. The number of hydrogen-bond acceptors (Lipinski definition) is 5. The molecule has 0 heterocycles. The van der Waals surface area contributed by atoms with Crippen LogP contribution < -0.4 is 5.32 Å². The molecule has 0 aromatic rings. The van der Waals surface area contributed by atoms with Crippen LogP contribution in [0.1, 0.15) is 12.8 Å². The summed E-state index contributed by atoms with van der Waals surface area (Å²) in [6.07, 6.45) is -0.648. The number of methoxy groups -OCH3 is 1. The summed E-state index contributed by atoms with van der Waals surface area (Å²) in [6, 6.07) is -0.401. The Bertz CT molecular complexity index is 392. The van der Waals surface area contributed by atoms with Crippen LogP contribution in [-0.2, 0) is 14.3 Å². The summed E-state index contributed by atoms with van der Waals surface area (Å²) in [7, 11) is 1.44. The topological polar surface area (TPSA) is 140 Å². The number of carboxylic acids is 2. The number of urea groups is 1. The zero-order valence-corrected chi connectivity index (χ0v) is 11.0. The quantitative estimate of drug-likeness (QED) is 0.518. The van der Waals surface area contributed by atoms with Gasteiger partial charge in [0, 0.05) is 20.2 Å². The van der Waals surface area contributed by atoms with Gasteiger partial charge in [-0.1, -0.05) is 0 Å². The van der Waals surface area contributed by atoms with Crippen LogP contribution in [0, 0.1) is 11.3 Å². The van der Waals surface area contributed by atoms with Crippen LogP contribution in [0.3, 0.4) is 0 Å². The first kappa shape index (κ1) is 17.7. The normalized spacial score (nSPS) is 11.2. The van der Waals surface area contributed by atoms with Gasteiger partial charge < -0.3 is 25.2 Å². The number of carbonyl (C=O) groups is 3. The molecule has 1 atom stereocenters. The molecule has 0 saturated carbocycles. The first-order valence-electron chi connectivity index (χ1n) is 5.78. The molecule has 0 saturated heterocycles. The van der Waals surface area contributed by atoms with Crippen molar-refractivity contribution < 1.29 is 29.3 Å². The fraction of sp³-hybridized carbons (Fsp3) is 0.636. The smallest absolute Gasteiger partial charge is 0.326 e. The number of nitrogens with zero attached hydrogens (tertiary/aromatic N) is 2. The van der Waals surface area contributed by atoms with Gasteiger partial charge >= 0.3 is 18.0 Å². The van der Waals surface area contributed by atoms with Crippen molar-refractivity contribution in [1.82, 2.24) is 10.2 Å². The summed E-state index contributed by atoms with van der Waals surface area (Å²) in [5.74, 6) is -2.77. The van der Waals surface area contributed by atoms with E-state index in [1.165, 1.54) is 12.0 Å². The Kier molecular flexibility index (Phi) is 8.45. The molecule has 0 bridgehead atoms. The molecule has 9 heteroatoms. The van der Waals surface area contributed by atoms with E-state index in [4.69, 9.17) is 20.2 Å². The molecule has 0 fully saturated rings. The summed E-state index contributed by atoms with van der Waals surface area (Å²) in [6.45, 7) is 0.490. The van der Waals surface area contributed by atoms with Crippen molar-refractivity contribution in [3.63, 3.8) is 0 Å². The van der Waals surface area contributed by atoms with Crippen molar-refractivity contribution >= 4 is 18.0 Å². The minimum atomic E-state index is -1.52. The monoisotopic (exact) mass is 287 g/mol. The van der Waals surface area contributed by atoms with Gasteiger partial charge in [-0.15, -0.1) is 0 Å². The highest BCUT2D eigenvalue weighted by molar-refractivity contribution is 5.86. The molecule has 0 spiro atoms. The second-order valence-corrected chi connectivity index (χ2v) is 3.83. The molecule has 0 radical (unpaired) electrons. The zero-order valence-electron chi connectivity index (χ0n) is 11.0. The Balaban J connectivity index is 4.64. The first-order chi connectivity index (χ1) is 9.42. The molecule has 0 aliphatic carbocycles. The molecular formula is C11H17N3O6. The van der Waals surface area contributed by atoms with Crippen LogP contribution in [0.5, 0.6) is 0 Å². The SMILES string of the molecule is COCCN(CCC#N)C(=O)N[C@@H](CC(=O)O)C(=O)O. The molecule has 0 unspecified atom stereocenters. The van der Waals surface area contributed by atoms with Crippen LogP contribution >= 0.6 is 0 Å². The number of nitrogens with one attached hydrogen (secondary N) is 1. The fourth-order valence-corrected chi connectivity index (χ4v) is 1.32. The summed E-state index contributed by atoms with van der Waals surface area (Å²) in [4.78, 5) is 34.4. The van der Waals surface area contributed by atoms with Gasteiger partial charge in [0.1, 0.15) is 6.04 Å². The summed E-state index contributed by atoms with van der Waals surface area (Å²) >= 11 is 0. The first-order valence-corrected chi connectivity index (χ1v) is 5.78. The van der Waals surface area contributed by atoms with Crippen molar-refractivity contribution in [1.29, 1.82) is 5.26 Å². The van der Waals surface area contributed by atoms with E-state index in [0.717, 1.165) is 0 Å². The number of hydrogen-bond donors (Lipinski definition) is 3. The van der Waals surface area contributed by atoms with Crippen molar-refractivity contribution in [2.24, 2.45) is 0 Å². The molecule has 0 aliphatic rings. The second kappa shape index (κ2) is 9.57. The minimum Gasteiger partial charge on any atom is -0.481 e. The number of amides is 2. The lowest BCUT2D eigenvalue weighted by Crippen LogP contribution is -2.49. The number of aliphatic carboxylic acids is 2. The van der Waals surface area contributed by atoms with Crippen LogP contribution in [0.25, 0.3) is 0 Å². The third-order valence-corrected chi connectivity index (χ3v) is 2.32. The number of rotatable bonds is 9. The highest BCUT2D eigenvalue weighted by Crippen LogP contribution is 1.98. The number of ether oxygens (including phenoxy) is 1. The lowest BCUT2D eigenvalue weighted by atomic mass is 10.2. The molecule has 9 nitrogen and oxygen atoms in total. The highest BCUT2D eigenvalue weighted by atomic mass is 16.5. The Labute approximate surface area is 115 Å². The fourth-order valence-electron chi connectivity index (χ4n) is 1.32. The molecule has 0 aromatic carbocycles. The number of carbonyl (C=O) groups excluding carboxylic acids is 1. The molecule has 112 valence electrons. The summed E-state index contributed by atoms with van der Waals surface area (Å²) < 4.78 is 4.80. The Morgan fingerprint density at radius 1 is 1.35 bits per heavy atom. The van der Waals surface area contributed by atoms with Gasteiger partial charge in [0.05, 0.1) is 25.5 Å². The molecule has 20 heavy (non-hydrogen) atoms. The van der Waals surface area contributed by atoms with Gasteiger partial charge in [0.2, 0.25) is 0 Å². The molecular weight excluding hydrogens is 270 g/mol. The van der Waals surface area contributed by atoms with E-state index in [9.17, 15) is 14.4 Å². The van der Waals surface area contributed by atoms with Gasteiger partial charge in [0.15, 0.2) is 0 Å². The van der Waals surface area contributed by atoms with E-state index in [0.29, 0.717) is 0 Å². The standard InChI is InChI=1S/C11H17N3O6/c1-20-6-5-14(4-2-3-12)11(19)13-8(10(17)18)7-9(15)16/h8H,2,4-7H2,1H3,(H,13,19)(H,15,16)(H,17,18)/t8-/m0/s1. The molecule has 3 N–H and O–H groups in total. The predicted molar refractivity (Wildman–Crippen MR) is 65.9 cm³/mol. The van der Waals surface area contributed by atoms with Crippen LogP contribution in [0.15, 0.2) is 0 Å². The average molecular weight is 287 g/mol. The Morgan fingerprint density at radius 3 is 2.45 bits per heavy atom. The van der Waals surface area contributed by atoms with Crippen molar-refractivity contribution in [3.05, 3.63) is 0 Å². The number of nitriles is 1. The Hall–Kier alpha value is -2.34. The maximum atomic E-state index is 11.8. The highest BCUT2D eigenvalue weighted by Gasteiger charge is 2.25. The van der Waals surface area contributed by atoms with E-state index >= 15 is 0 Å². The number of carboxylic acid groups (broad SMARTS) is 2. The largest absolute Gasteiger partial charge is 0.481 e. The van der Waals surface area contributed by atoms with Crippen molar-refractivity contribution in [3.8, 4) is 6.07 Å². The molecule has 0 aliphatic heterocycles. The maximum absolute atomic E-state index is 11.8. The van der Waals surface area contributed by atoms with Gasteiger partial charge in [0.25, 0.3) is 0 Å². The maximum Gasteiger partial charge on any atom is 0.326 e. The predicted octanol–water partition coefficient (Wildman–Crippen LogP) is -0.514. The lowest BCUT2D eigenvalue weighted by molar-refractivity contribution is -0.145. The minimum absolute atomic E-state index is 0.0772. The average Bonchev–Trinajstić information content (AvgIpc) is 2.37. The van der Waals surface area contributed by atoms with E-state index < -0.39 is 30.4 Å². The summed E-state index contributed by atoms with van der Waals surface area (Å²) in [5, 5.41) is 28.0. The van der Waals surface area contributed by atoms with Gasteiger partial charge in [-0.3, -0.25) is 4.79 Å². The molecule has 0 rings (SSSR count). The van der Waals surface area contributed by atoms with Crippen LogP contribution in [0.2, 0.25) is 0 Å². The van der Waals surface area contributed by atoms with E-state index in [-0.39, 0.29) is 26.1 Å². The Morgan fingerprint density at radius 2 is 2.00 bits per heavy atom. The summed E-state index contributed by atoms with van der Waals surface area (Å²) in [5.41, 5.74) is 0. The molecule has 0 aromatic heterocycles. The van der Waals surface area contributed by atoms with E-state index in [1.54, 1.807) is 0 Å². The third kappa shape index (κ3) is 7.17. The van der Waals surface area contributed by atoms with E-state index in [2.05, 4.69) is 5.32 Å². The van der Waals surface area contributed by atoms with Crippen LogP contribution in [-0.4, -0.2) is 65.9 Å². The third-order valence-electron chi connectivity index (χ3n) is 2.32. The second-order valence-electron chi connectivity index (χ2n) is 3.83. The van der Waals surface area contributed by atoms with Gasteiger partial charge in [-0.05, 0) is 0 Å². The van der Waals surface area contributed by atoms with Gasteiger partial charge in [-0.2, -0.15) is 5.26 Å².